The number of aliphatic hydroxyl groups is 1. The van der Waals surface area contributed by atoms with E-state index in [1.54, 1.807) is 7.11 Å². The van der Waals surface area contributed by atoms with Gasteiger partial charge in [0.25, 0.3) is 0 Å². The average molecular weight is 297 g/mol. The first-order chi connectivity index (χ1) is 10.2. The minimum absolute atomic E-state index is 0.127. The minimum atomic E-state index is -0.276. The fraction of sp³-hybridized carbons (Fsp3) is 0.867. The normalized spacial score (nSPS) is 19.6. The lowest BCUT2D eigenvalue weighted by molar-refractivity contribution is 0.0908. The Balaban J connectivity index is 1.88. The molecule has 1 saturated carbocycles. The molecule has 0 bridgehead atoms. The lowest BCUT2D eigenvalue weighted by Gasteiger charge is -2.39. The van der Waals surface area contributed by atoms with Gasteiger partial charge in [-0.25, -0.2) is 0 Å². The highest BCUT2D eigenvalue weighted by atomic mass is 16.5. The topological polar surface area (TPSA) is 80.4 Å². The number of aromatic nitrogens is 2. The summed E-state index contributed by atoms with van der Waals surface area (Å²) in [5.41, 5.74) is -0.276. The van der Waals surface area contributed by atoms with Gasteiger partial charge in [0.05, 0.1) is 19.8 Å². The average Bonchev–Trinajstić information content (AvgIpc) is 2.99. The molecule has 0 unspecified atom stereocenters. The van der Waals surface area contributed by atoms with Gasteiger partial charge in [-0.05, 0) is 25.7 Å². The van der Waals surface area contributed by atoms with Gasteiger partial charge < -0.3 is 19.7 Å². The molecule has 0 aromatic carbocycles. The first kappa shape index (κ1) is 16.4. The molecule has 0 amide bonds. The second kappa shape index (κ2) is 7.87. The number of nitrogens with zero attached hydrogens (tertiary/aromatic N) is 2. The fourth-order valence-electron chi connectivity index (χ4n) is 3.00. The lowest BCUT2D eigenvalue weighted by Crippen LogP contribution is -2.52. The number of nitrogens with one attached hydrogen (secondary N) is 1. The SMILES string of the molecule is COCCc1noc(CN[C@](C)(CO)C2CCCCC2)n1. The number of hydrogen-bond donors (Lipinski definition) is 2. The molecule has 6 nitrogen and oxygen atoms in total. The zero-order chi connectivity index (χ0) is 15.1. The Morgan fingerprint density at radius 3 is 2.81 bits per heavy atom. The molecule has 0 radical (unpaired) electrons. The van der Waals surface area contributed by atoms with Crippen LogP contribution in [0.3, 0.4) is 0 Å². The second-order valence-corrected chi connectivity index (χ2v) is 6.11. The van der Waals surface area contributed by atoms with E-state index in [9.17, 15) is 5.11 Å². The third-order valence-corrected chi connectivity index (χ3v) is 4.52. The highest BCUT2D eigenvalue weighted by Crippen LogP contribution is 2.32. The number of aliphatic hydroxyl groups excluding tert-OH is 1. The van der Waals surface area contributed by atoms with Crippen LogP contribution in [0.1, 0.15) is 50.7 Å². The molecule has 6 heteroatoms. The molecule has 21 heavy (non-hydrogen) atoms. The molecule has 1 aromatic rings. The molecule has 1 aliphatic carbocycles. The van der Waals surface area contributed by atoms with Gasteiger partial charge in [-0.2, -0.15) is 4.98 Å². The third kappa shape index (κ3) is 4.49. The lowest BCUT2D eigenvalue weighted by atomic mass is 9.76. The predicted molar refractivity (Wildman–Crippen MR) is 78.8 cm³/mol. The molecule has 1 aliphatic rings. The first-order valence-corrected chi connectivity index (χ1v) is 7.84. The summed E-state index contributed by atoms with van der Waals surface area (Å²) in [7, 11) is 1.65. The maximum atomic E-state index is 9.79. The van der Waals surface area contributed by atoms with Crippen LogP contribution in [-0.2, 0) is 17.7 Å². The van der Waals surface area contributed by atoms with Gasteiger partial charge in [-0.3, -0.25) is 0 Å². The molecular formula is C15H27N3O3. The number of rotatable bonds is 8. The number of methoxy groups -OCH3 is 1. The van der Waals surface area contributed by atoms with Gasteiger partial charge in [0.2, 0.25) is 5.89 Å². The molecule has 0 saturated heterocycles. The standard InChI is InChI=1S/C15H27N3O3/c1-15(11-19,12-6-4-3-5-7-12)16-10-14-17-13(18-21-14)8-9-20-2/h12,16,19H,3-11H2,1-2H3/t15-/m1/s1. The molecule has 1 aromatic heterocycles. The van der Waals surface area contributed by atoms with Gasteiger partial charge in [-0.1, -0.05) is 24.4 Å². The molecule has 1 heterocycles. The van der Waals surface area contributed by atoms with Gasteiger partial charge in [-0.15, -0.1) is 0 Å². The molecule has 0 spiro atoms. The summed E-state index contributed by atoms with van der Waals surface area (Å²) < 4.78 is 10.2. The van der Waals surface area contributed by atoms with E-state index in [1.165, 1.54) is 32.1 Å². The van der Waals surface area contributed by atoms with Crippen LogP contribution in [0.2, 0.25) is 0 Å². The molecule has 1 atom stereocenters. The summed E-state index contributed by atoms with van der Waals surface area (Å²) in [6, 6.07) is 0. The van der Waals surface area contributed by atoms with Crippen molar-refractivity contribution in [1.82, 2.24) is 15.5 Å². The van der Waals surface area contributed by atoms with Crippen molar-refractivity contribution in [3.63, 3.8) is 0 Å². The third-order valence-electron chi connectivity index (χ3n) is 4.52. The van der Waals surface area contributed by atoms with Crippen molar-refractivity contribution >= 4 is 0 Å². The zero-order valence-electron chi connectivity index (χ0n) is 13.1. The summed E-state index contributed by atoms with van der Waals surface area (Å²) in [6.45, 7) is 3.30. The van der Waals surface area contributed by atoms with Crippen LogP contribution in [0.25, 0.3) is 0 Å². The number of ether oxygens (including phenoxy) is 1. The van der Waals surface area contributed by atoms with Gasteiger partial charge in [0.1, 0.15) is 0 Å². The zero-order valence-corrected chi connectivity index (χ0v) is 13.1. The fourth-order valence-corrected chi connectivity index (χ4v) is 3.00. The van der Waals surface area contributed by atoms with E-state index >= 15 is 0 Å². The van der Waals surface area contributed by atoms with Crippen LogP contribution >= 0.6 is 0 Å². The summed E-state index contributed by atoms with van der Waals surface area (Å²) >= 11 is 0. The van der Waals surface area contributed by atoms with Crippen molar-refractivity contribution < 1.29 is 14.4 Å². The van der Waals surface area contributed by atoms with E-state index in [0.717, 1.165) is 0 Å². The highest BCUT2D eigenvalue weighted by Gasteiger charge is 2.34. The monoisotopic (exact) mass is 297 g/mol. The Morgan fingerprint density at radius 2 is 2.14 bits per heavy atom. The van der Waals surface area contributed by atoms with E-state index in [2.05, 4.69) is 22.4 Å². The van der Waals surface area contributed by atoms with E-state index in [1.807, 2.05) is 0 Å². The van der Waals surface area contributed by atoms with Crippen molar-refractivity contribution in [2.45, 2.75) is 57.5 Å². The highest BCUT2D eigenvalue weighted by molar-refractivity contribution is 4.94. The predicted octanol–water partition coefficient (Wildman–Crippen LogP) is 1.68. The summed E-state index contributed by atoms with van der Waals surface area (Å²) in [5, 5.41) is 17.1. The van der Waals surface area contributed by atoms with Gasteiger partial charge >= 0.3 is 0 Å². The quantitative estimate of drug-likeness (QED) is 0.760. The van der Waals surface area contributed by atoms with Crippen molar-refractivity contribution in [2.75, 3.05) is 20.3 Å². The molecule has 2 rings (SSSR count). The van der Waals surface area contributed by atoms with E-state index in [-0.39, 0.29) is 12.1 Å². The largest absolute Gasteiger partial charge is 0.394 e. The smallest absolute Gasteiger partial charge is 0.240 e. The van der Waals surface area contributed by atoms with Crippen molar-refractivity contribution in [2.24, 2.45) is 5.92 Å². The van der Waals surface area contributed by atoms with E-state index in [4.69, 9.17) is 9.26 Å². The summed E-state index contributed by atoms with van der Waals surface area (Å²) in [4.78, 5) is 4.33. The molecule has 2 N–H and O–H groups in total. The summed E-state index contributed by atoms with van der Waals surface area (Å²) in [6.07, 6.45) is 6.82. The second-order valence-electron chi connectivity index (χ2n) is 6.11. The summed E-state index contributed by atoms with van der Waals surface area (Å²) in [5.74, 6) is 1.74. The van der Waals surface area contributed by atoms with Crippen LogP contribution in [0.15, 0.2) is 4.52 Å². The van der Waals surface area contributed by atoms with Crippen LogP contribution in [0, 0.1) is 5.92 Å². The van der Waals surface area contributed by atoms with Crippen molar-refractivity contribution in [3.05, 3.63) is 11.7 Å². The Labute approximate surface area is 126 Å². The van der Waals surface area contributed by atoms with Crippen molar-refractivity contribution in [3.8, 4) is 0 Å². The number of hydrogen-bond acceptors (Lipinski definition) is 6. The van der Waals surface area contributed by atoms with Crippen LogP contribution in [-0.4, -0.2) is 41.1 Å². The van der Waals surface area contributed by atoms with E-state index < -0.39 is 0 Å². The maximum Gasteiger partial charge on any atom is 0.240 e. The Kier molecular flexibility index (Phi) is 6.14. The van der Waals surface area contributed by atoms with Crippen molar-refractivity contribution in [1.29, 1.82) is 0 Å². The Hall–Kier alpha value is -0.980. The molecule has 1 fully saturated rings. The van der Waals surface area contributed by atoms with Crippen LogP contribution in [0.4, 0.5) is 0 Å². The Bertz CT molecular complexity index is 418. The molecule has 120 valence electrons. The van der Waals surface area contributed by atoms with Gasteiger partial charge in [0, 0.05) is 19.1 Å². The Morgan fingerprint density at radius 1 is 1.38 bits per heavy atom. The minimum Gasteiger partial charge on any atom is -0.394 e. The molecule has 0 aliphatic heterocycles. The maximum absolute atomic E-state index is 9.79. The van der Waals surface area contributed by atoms with Gasteiger partial charge in [0.15, 0.2) is 5.82 Å². The molecular weight excluding hydrogens is 270 g/mol. The van der Waals surface area contributed by atoms with E-state index in [0.29, 0.717) is 37.2 Å². The first-order valence-electron chi connectivity index (χ1n) is 7.84. The van der Waals surface area contributed by atoms with Crippen LogP contribution < -0.4 is 5.32 Å². The van der Waals surface area contributed by atoms with Crippen LogP contribution in [0.5, 0.6) is 0 Å².